The Balaban J connectivity index is 1.32. The minimum atomic E-state index is -0.191. The molecule has 0 N–H and O–H groups in total. The third-order valence-electron chi connectivity index (χ3n) is 9.42. The normalized spacial score (nSPS) is 14.5. The van der Waals surface area contributed by atoms with E-state index in [4.69, 9.17) is 9.98 Å². The molecule has 4 nitrogen and oxygen atoms in total. The van der Waals surface area contributed by atoms with Gasteiger partial charge in [-0.1, -0.05) is 129 Å². The van der Waals surface area contributed by atoms with Crippen LogP contribution in [0.15, 0.2) is 157 Å². The Kier molecular flexibility index (Phi) is 7.86. The third-order valence-corrected chi connectivity index (χ3v) is 12.0. The Morgan fingerprint density at radius 1 is 0.735 bits per heavy atom. The maximum Gasteiger partial charge on any atom is 0.236 e. The average Bonchev–Trinajstić information content (AvgIpc) is 3.56. The molecule has 2 aliphatic rings. The topological polar surface area (TPSA) is 42.0 Å². The lowest BCUT2D eigenvalue weighted by Crippen LogP contribution is -2.15. The van der Waals surface area contributed by atoms with Gasteiger partial charge in [-0.3, -0.25) is 9.56 Å². The molecule has 0 bridgehead atoms. The molecule has 5 aromatic carbocycles. The highest BCUT2D eigenvalue weighted by molar-refractivity contribution is 8.05. The number of rotatable bonds is 5. The fraction of sp³-hybridized carbons (Fsp3) is 0.0930. The van der Waals surface area contributed by atoms with Gasteiger partial charge in [-0.25, -0.2) is 4.99 Å². The largest absolute Gasteiger partial charge is 0.278 e. The molecule has 0 spiro atoms. The van der Waals surface area contributed by atoms with Crippen molar-refractivity contribution in [1.29, 1.82) is 0 Å². The third kappa shape index (κ3) is 5.23. The van der Waals surface area contributed by atoms with Crippen LogP contribution in [0, 0.1) is 0 Å². The Morgan fingerprint density at radius 2 is 1.35 bits per heavy atom. The Hall–Kier alpha value is -5.17. The highest BCUT2D eigenvalue weighted by atomic mass is 32.2. The number of benzene rings is 5. The van der Waals surface area contributed by atoms with E-state index < -0.39 is 0 Å². The van der Waals surface area contributed by atoms with Gasteiger partial charge in [-0.2, -0.15) is 4.99 Å². The van der Waals surface area contributed by atoms with Crippen molar-refractivity contribution in [2.24, 2.45) is 15.0 Å². The van der Waals surface area contributed by atoms with Crippen LogP contribution >= 0.6 is 23.5 Å². The molecule has 6 heteroatoms. The number of fused-ring (bicyclic) bond motifs is 6. The second-order valence-electron chi connectivity index (χ2n) is 12.6. The van der Waals surface area contributed by atoms with Gasteiger partial charge in [0.1, 0.15) is 0 Å². The van der Waals surface area contributed by atoms with E-state index in [0.29, 0.717) is 18.3 Å². The maximum atomic E-state index is 5.11. The zero-order chi connectivity index (χ0) is 33.7. The van der Waals surface area contributed by atoms with Gasteiger partial charge in [0.2, 0.25) is 5.96 Å². The highest BCUT2D eigenvalue weighted by Crippen LogP contribution is 2.56. The van der Waals surface area contributed by atoms with Gasteiger partial charge < -0.3 is 0 Å². The number of hydrogen-bond acceptors (Lipinski definition) is 3. The van der Waals surface area contributed by atoms with Crippen molar-refractivity contribution in [2.75, 3.05) is 0 Å². The fourth-order valence-corrected chi connectivity index (χ4v) is 9.26. The van der Waals surface area contributed by atoms with Gasteiger partial charge in [-0.05, 0) is 77.0 Å². The number of hydrogen-bond donors (Lipinski definition) is 0. The van der Waals surface area contributed by atoms with E-state index in [-0.39, 0.29) is 5.41 Å². The predicted octanol–water partition coefficient (Wildman–Crippen LogP) is 11.4. The zero-order valence-corrected chi connectivity index (χ0v) is 29.1. The van der Waals surface area contributed by atoms with Gasteiger partial charge in [0.05, 0.1) is 17.8 Å². The van der Waals surface area contributed by atoms with Crippen LogP contribution in [0.4, 0.5) is 0 Å². The van der Waals surface area contributed by atoms with E-state index in [1.807, 2.05) is 84.2 Å². The molecule has 238 valence electrons. The molecule has 8 rings (SSSR count). The van der Waals surface area contributed by atoms with Crippen molar-refractivity contribution in [3.63, 3.8) is 0 Å². The molecule has 1 aromatic heterocycles. The summed E-state index contributed by atoms with van der Waals surface area (Å²) in [6.07, 6.45) is 3.76. The standard InChI is InChI=1S/C43H34N4S2/c1-6-29-32-22-33-30(31-24-39-40(25-34(31)43(33,3)4)49-38-21-15-14-20-37(38)48-39)23-36(32)47(35(29)7-2)42(44-5)46-41(28-18-12-9-13-19-28)45-26-27-16-10-8-11-17-27/h6-25H,1-2,5,26H2,3-4H3. The predicted molar refractivity (Wildman–Crippen MR) is 210 cm³/mol. The molecule has 49 heavy (non-hydrogen) atoms. The maximum absolute atomic E-state index is 5.11. The highest BCUT2D eigenvalue weighted by Gasteiger charge is 2.38. The van der Waals surface area contributed by atoms with Gasteiger partial charge in [0.15, 0.2) is 5.84 Å². The van der Waals surface area contributed by atoms with Gasteiger partial charge in [0, 0.05) is 41.5 Å². The summed E-state index contributed by atoms with van der Waals surface area (Å²) in [4.78, 5) is 19.8. The molecule has 0 fully saturated rings. The molecular weight excluding hydrogens is 637 g/mol. The van der Waals surface area contributed by atoms with Crippen molar-refractivity contribution in [2.45, 2.75) is 45.4 Å². The van der Waals surface area contributed by atoms with Gasteiger partial charge in [0.25, 0.3) is 0 Å². The van der Waals surface area contributed by atoms with Crippen molar-refractivity contribution < 1.29 is 0 Å². The average molecular weight is 671 g/mol. The number of aliphatic imine (C=N–C) groups is 3. The Labute approximate surface area is 295 Å². The van der Waals surface area contributed by atoms with Crippen LogP contribution in [0.1, 0.15) is 47.4 Å². The number of aromatic nitrogens is 1. The molecule has 1 aliphatic carbocycles. The summed E-state index contributed by atoms with van der Waals surface area (Å²) in [6, 6.07) is 38.3. The molecular formula is C43H34N4S2. The molecule has 0 radical (unpaired) electrons. The molecule has 1 aliphatic heterocycles. The number of nitrogens with zero attached hydrogens (tertiary/aromatic N) is 4. The lowest BCUT2D eigenvalue weighted by atomic mass is 9.82. The summed E-state index contributed by atoms with van der Waals surface area (Å²) >= 11 is 3.72. The summed E-state index contributed by atoms with van der Waals surface area (Å²) in [5.41, 5.74) is 9.75. The molecule has 0 saturated carbocycles. The van der Waals surface area contributed by atoms with Gasteiger partial charge >= 0.3 is 0 Å². The second-order valence-corrected chi connectivity index (χ2v) is 14.8. The van der Waals surface area contributed by atoms with Crippen LogP contribution in [0.2, 0.25) is 0 Å². The van der Waals surface area contributed by atoms with E-state index in [9.17, 15) is 0 Å². The van der Waals surface area contributed by atoms with Crippen LogP contribution in [0.3, 0.4) is 0 Å². The van der Waals surface area contributed by atoms with E-state index in [2.05, 4.69) is 104 Å². The van der Waals surface area contributed by atoms with Crippen LogP contribution in [-0.2, 0) is 12.0 Å². The first kappa shape index (κ1) is 31.1. The lowest BCUT2D eigenvalue weighted by Gasteiger charge is -2.24. The van der Waals surface area contributed by atoms with Crippen LogP contribution in [0.5, 0.6) is 0 Å². The summed E-state index contributed by atoms with van der Waals surface area (Å²) in [5.74, 6) is 1.01. The van der Waals surface area contributed by atoms with Crippen molar-refractivity contribution >= 4 is 65.1 Å². The van der Waals surface area contributed by atoms with E-state index >= 15 is 0 Å². The van der Waals surface area contributed by atoms with Crippen molar-refractivity contribution in [3.05, 3.63) is 156 Å². The van der Waals surface area contributed by atoms with Crippen molar-refractivity contribution in [3.8, 4) is 11.1 Å². The van der Waals surface area contributed by atoms with Gasteiger partial charge in [-0.15, -0.1) is 0 Å². The first-order chi connectivity index (χ1) is 23.9. The van der Waals surface area contributed by atoms with E-state index in [1.165, 1.54) is 41.8 Å². The second kappa shape index (κ2) is 12.4. The summed E-state index contributed by atoms with van der Waals surface area (Å²) < 4.78 is 2.05. The Morgan fingerprint density at radius 3 is 2.00 bits per heavy atom. The monoisotopic (exact) mass is 670 g/mol. The van der Waals surface area contributed by atoms with Crippen LogP contribution in [0.25, 0.3) is 34.2 Å². The van der Waals surface area contributed by atoms with E-state index in [1.54, 1.807) is 0 Å². The quantitative estimate of drug-likeness (QED) is 0.135. The summed E-state index contributed by atoms with van der Waals surface area (Å²) in [6.45, 7) is 17.6. The van der Waals surface area contributed by atoms with Crippen molar-refractivity contribution in [1.82, 2.24) is 4.57 Å². The molecule has 0 atom stereocenters. The minimum absolute atomic E-state index is 0.191. The SMILES string of the molecule is C=Cc1c(C=C)n(C(N=C)=NC(=NCc2ccccc2)c2ccccc2)c2cc3c(cc12)C(C)(C)c1cc2c(cc1-3)Sc1ccccc1S2. The first-order valence-electron chi connectivity index (χ1n) is 16.2. The molecule has 0 saturated heterocycles. The van der Waals surface area contributed by atoms with E-state index in [0.717, 1.165) is 33.3 Å². The summed E-state index contributed by atoms with van der Waals surface area (Å²) in [5, 5.41) is 1.07. The molecule has 6 aromatic rings. The fourth-order valence-electron chi connectivity index (χ4n) is 6.99. The zero-order valence-electron chi connectivity index (χ0n) is 27.5. The van der Waals surface area contributed by atoms with Crippen LogP contribution in [-0.4, -0.2) is 23.1 Å². The molecule has 0 unspecified atom stereocenters. The molecule has 2 heterocycles. The lowest BCUT2D eigenvalue weighted by molar-refractivity contribution is 0.658. The summed E-state index contributed by atoms with van der Waals surface area (Å²) in [7, 11) is 0. The van der Waals surface area contributed by atoms with Crippen LogP contribution < -0.4 is 0 Å². The smallest absolute Gasteiger partial charge is 0.236 e. The minimum Gasteiger partial charge on any atom is -0.278 e. The Bertz CT molecular complexity index is 2380. The molecule has 0 amide bonds. The first-order valence-corrected chi connectivity index (χ1v) is 17.9. The number of amidine groups is 1.